The second kappa shape index (κ2) is 9.11. The van der Waals surface area contributed by atoms with Crippen molar-refractivity contribution < 1.29 is 4.79 Å². The van der Waals surface area contributed by atoms with Crippen molar-refractivity contribution in [1.82, 2.24) is 14.9 Å². The molecule has 23 heavy (non-hydrogen) atoms. The summed E-state index contributed by atoms with van der Waals surface area (Å²) in [6, 6.07) is 7.84. The summed E-state index contributed by atoms with van der Waals surface area (Å²) in [6.45, 7) is 6.78. The van der Waals surface area contributed by atoms with E-state index in [2.05, 4.69) is 10.3 Å². The van der Waals surface area contributed by atoms with Crippen molar-refractivity contribution in [3.8, 4) is 0 Å². The molecule has 0 saturated carbocycles. The van der Waals surface area contributed by atoms with Gasteiger partial charge in [-0.25, -0.2) is 4.98 Å². The molecule has 0 saturated heterocycles. The molecule has 7 heteroatoms. The molecule has 3 N–H and O–H groups in total. The molecule has 1 aromatic carbocycles. The maximum Gasteiger partial charge on any atom is 0.240 e. The van der Waals surface area contributed by atoms with Gasteiger partial charge in [0.25, 0.3) is 0 Å². The van der Waals surface area contributed by atoms with Gasteiger partial charge in [-0.15, -0.1) is 24.8 Å². The number of hydrogen-bond donors (Lipinski definition) is 2. The second-order valence-electron chi connectivity index (χ2n) is 5.58. The highest BCUT2D eigenvalue weighted by Crippen LogP contribution is 2.15. The van der Waals surface area contributed by atoms with Crippen LogP contribution in [-0.2, 0) is 11.3 Å². The van der Waals surface area contributed by atoms with Gasteiger partial charge >= 0.3 is 0 Å². The van der Waals surface area contributed by atoms with Gasteiger partial charge in [0.1, 0.15) is 12.4 Å². The first-order valence-corrected chi connectivity index (χ1v) is 7.46. The molecule has 0 aliphatic rings. The minimum Gasteiger partial charge on any atom is -0.353 e. The van der Waals surface area contributed by atoms with Gasteiger partial charge in [0.15, 0.2) is 0 Å². The molecule has 0 bridgehead atoms. The van der Waals surface area contributed by atoms with Crippen LogP contribution in [0, 0.1) is 6.92 Å². The first kappa shape index (κ1) is 21.7. The third-order valence-corrected chi connectivity index (χ3v) is 4.19. The maximum absolute atomic E-state index is 12.2. The fourth-order valence-corrected chi connectivity index (χ4v) is 2.37. The number of halogens is 2. The molecule has 130 valence electrons. The number of amides is 1. The van der Waals surface area contributed by atoms with Crippen LogP contribution >= 0.6 is 24.8 Å². The molecular weight excluding hydrogens is 335 g/mol. The van der Waals surface area contributed by atoms with E-state index in [1.807, 2.05) is 49.6 Å². The Bertz CT molecular complexity index is 638. The Balaban J connectivity index is 0.00000242. The average molecular weight is 361 g/mol. The number of imidazole rings is 1. The molecule has 2 aromatic rings. The summed E-state index contributed by atoms with van der Waals surface area (Å²) in [4.78, 5) is 16.6. The minimum absolute atomic E-state index is 0. The number of carbonyl (C=O) groups excluding carboxylic acids is 1. The predicted octanol–water partition coefficient (Wildman–Crippen LogP) is 2.82. The van der Waals surface area contributed by atoms with Gasteiger partial charge in [0.05, 0.1) is 11.0 Å². The van der Waals surface area contributed by atoms with E-state index in [4.69, 9.17) is 5.73 Å². The first-order chi connectivity index (χ1) is 9.99. The van der Waals surface area contributed by atoms with Crippen LogP contribution in [-0.4, -0.2) is 27.5 Å². The SMILES string of the molecule is CCC(N)(CC)CNC(=O)Cn1c(C)nc2ccccc21.Cl.Cl. The van der Waals surface area contributed by atoms with Gasteiger partial charge < -0.3 is 15.6 Å². The number of carbonyl (C=O) groups is 1. The number of aromatic nitrogens is 2. The number of benzene rings is 1. The zero-order valence-electron chi connectivity index (χ0n) is 13.8. The van der Waals surface area contributed by atoms with E-state index in [1.165, 1.54) is 0 Å². The number of nitrogens with zero attached hydrogens (tertiary/aromatic N) is 2. The number of para-hydroxylation sites is 2. The summed E-state index contributed by atoms with van der Waals surface area (Å²) in [6.07, 6.45) is 1.69. The highest BCUT2D eigenvalue weighted by Gasteiger charge is 2.21. The van der Waals surface area contributed by atoms with Crippen LogP contribution in [0.5, 0.6) is 0 Å². The van der Waals surface area contributed by atoms with Gasteiger partial charge in [-0.3, -0.25) is 4.79 Å². The summed E-state index contributed by atoms with van der Waals surface area (Å²) >= 11 is 0. The number of rotatable bonds is 6. The molecule has 1 heterocycles. The smallest absolute Gasteiger partial charge is 0.240 e. The third-order valence-electron chi connectivity index (χ3n) is 4.19. The molecule has 0 spiro atoms. The fourth-order valence-electron chi connectivity index (χ4n) is 2.37. The van der Waals surface area contributed by atoms with Gasteiger partial charge in [-0.2, -0.15) is 0 Å². The average Bonchev–Trinajstić information content (AvgIpc) is 2.81. The number of hydrogen-bond acceptors (Lipinski definition) is 3. The largest absolute Gasteiger partial charge is 0.353 e. The van der Waals surface area contributed by atoms with Crippen molar-refractivity contribution in [2.45, 2.75) is 45.7 Å². The lowest BCUT2D eigenvalue weighted by Gasteiger charge is -2.26. The Morgan fingerprint density at radius 2 is 1.87 bits per heavy atom. The Morgan fingerprint density at radius 3 is 2.48 bits per heavy atom. The Kier molecular flexibility index (Phi) is 8.59. The van der Waals surface area contributed by atoms with Crippen LogP contribution in [0.2, 0.25) is 0 Å². The van der Waals surface area contributed by atoms with E-state index in [9.17, 15) is 4.79 Å². The van der Waals surface area contributed by atoms with Crippen LogP contribution < -0.4 is 11.1 Å². The zero-order chi connectivity index (χ0) is 15.5. The highest BCUT2D eigenvalue weighted by molar-refractivity contribution is 5.85. The topological polar surface area (TPSA) is 72.9 Å². The van der Waals surface area contributed by atoms with Gasteiger partial charge in [-0.05, 0) is 31.9 Å². The number of nitrogens with one attached hydrogen (secondary N) is 1. The van der Waals surface area contributed by atoms with Crippen LogP contribution in [0.3, 0.4) is 0 Å². The van der Waals surface area contributed by atoms with Gasteiger partial charge in [-0.1, -0.05) is 26.0 Å². The number of aryl methyl sites for hydroxylation is 1. The summed E-state index contributed by atoms with van der Waals surface area (Å²) in [7, 11) is 0. The Hall–Kier alpha value is -1.30. The quantitative estimate of drug-likeness (QED) is 0.831. The third kappa shape index (κ3) is 5.09. The second-order valence-corrected chi connectivity index (χ2v) is 5.58. The molecule has 2 rings (SSSR count). The van der Waals surface area contributed by atoms with E-state index in [1.54, 1.807) is 0 Å². The Morgan fingerprint density at radius 1 is 1.26 bits per heavy atom. The van der Waals surface area contributed by atoms with Crippen LogP contribution in [0.15, 0.2) is 24.3 Å². The molecule has 0 unspecified atom stereocenters. The normalized spacial score (nSPS) is 10.8. The molecule has 0 fully saturated rings. The Labute approximate surface area is 149 Å². The van der Waals surface area contributed by atoms with Gasteiger partial charge in [0, 0.05) is 12.1 Å². The first-order valence-electron chi connectivity index (χ1n) is 7.46. The predicted molar refractivity (Wildman–Crippen MR) is 99.5 cm³/mol. The van der Waals surface area contributed by atoms with Crippen LogP contribution in [0.4, 0.5) is 0 Å². The van der Waals surface area contributed by atoms with E-state index < -0.39 is 0 Å². The van der Waals surface area contributed by atoms with Crippen molar-refractivity contribution in [2.75, 3.05) is 6.54 Å². The maximum atomic E-state index is 12.2. The van der Waals surface area contributed by atoms with Gasteiger partial charge in [0.2, 0.25) is 5.91 Å². The van der Waals surface area contributed by atoms with Crippen LogP contribution in [0.25, 0.3) is 11.0 Å². The highest BCUT2D eigenvalue weighted by atomic mass is 35.5. The molecule has 0 aliphatic heterocycles. The fraction of sp³-hybridized carbons (Fsp3) is 0.500. The van der Waals surface area contributed by atoms with Crippen molar-refractivity contribution >= 4 is 41.8 Å². The standard InChI is InChI=1S/C16H24N4O.2ClH/c1-4-16(17,5-2)11-18-15(21)10-20-12(3)19-13-8-6-7-9-14(13)20;;/h6-9H,4-5,10-11,17H2,1-3H3,(H,18,21);2*1H. The van der Waals surface area contributed by atoms with Crippen molar-refractivity contribution in [3.05, 3.63) is 30.1 Å². The van der Waals surface area contributed by atoms with Crippen molar-refractivity contribution in [3.63, 3.8) is 0 Å². The molecule has 0 radical (unpaired) electrons. The lowest BCUT2D eigenvalue weighted by molar-refractivity contribution is -0.121. The monoisotopic (exact) mass is 360 g/mol. The molecular formula is C16H26Cl2N4O. The number of nitrogens with two attached hydrogens (primary N) is 1. The minimum atomic E-state index is -0.318. The summed E-state index contributed by atoms with van der Waals surface area (Å²) in [5, 5.41) is 2.94. The molecule has 0 atom stereocenters. The van der Waals surface area contributed by atoms with E-state index in [-0.39, 0.29) is 42.8 Å². The lowest BCUT2D eigenvalue weighted by Crippen LogP contribution is -2.49. The molecule has 0 aliphatic carbocycles. The zero-order valence-corrected chi connectivity index (χ0v) is 15.5. The van der Waals surface area contributed by atoms with E-state index >= 15 is 0 Å². The van der Waals surface area contributed by atoms with E-state index in [0.29, 0.717) is 6.54 Å². The summed E-state index contributed by atoms with van der Waals surface area (Å²) < 4.78 is 1.93. The molecule has 5 nitrogen and oxygen atoms in total. The lowest BCUT2D eigenvalue weighted by atomic mass is 9.94. The van der Waals surface area contributed by atoms with Crippen molar-refractivity contribution in [1.29, 1.82) is 0 Å². The summed E-state index contributed by atoms with van der Waals surface area (Å²) in [5.41, 5.74) is 7.78. The van der Waals surface area contributed by atoms with E-state index in [0.717, 1.165) is 29.7 Å². The number of fused-ring (bicyclic) bond motifs is 1. The molecule has 1 aromatic heterocycles. The van der Waals surface area contributed by atoms with Crippen molar-refractivity contribution in [2.24, 2.45) is 5.73 Å². The molecule has 1 amide bonds. The summed E-state index contributed by atoms with van der Waals surface area (Å²) in [5.74, 6) is 0.814. The van der Waals surface area contributed by atoms with Crippen LogP contribution in [0.1, 0.15) is 32.5 Å².